The first kappa shape index (κ1) is 10.8. The minimum Gasteiger partial charge on any atom is -0.316 e. The smallest absolute Gasteiger partial charge is 0.196 e. The first-order valence-electron chi connectivity index (χ1n) is 4.81. The molecule has 0 spiro atoms. The molecular formula is C12H10F3N. The Morgan fingerprint density at radius 3 is 1.94 bits per heavy atom. The van der Waals surface area contributed by atoms with Crippen LogP contribution in [0.25, 0.3) is 5.69 Å². The second kappa shape index (κ2) is 3.70. The van der Waals surface area contributed by atoms with E-state index in [1.807, 2.05) is 0 Å². The van der Waals surface area contributed by atoms with Crippen LogP contribution in [0.3, 0.4) is 0 Å². The average molecular weight is 225 g/mol. The topological polar surface area (TPSA) is 4.93 Å². The molecule has 0 radical (unpaired) electrons. The number of rotatable bonds is 1. The van der Waals surface area contributed by atoms with Gasteiger partial charge >= 0.3 is 0 Å². The first-order valence-corrected chi connectivity index (χ1v) is 4.81. The third-order valence-corrected chi connectivity index (χ3v) is 2.53. The third-order valence-electron chi connectivity index (χ3n) is 2.53. The molecule has 1 heterocycles. The van der Waals surface area contributed by atoms with Crippen molar-refractivity contribution >= 4 is 0 Å². The van der Waals surface area contributed by atoms with Crippen molar-refractivity contribution in [3.8, 4) is 5.69 Å². The molecule has 1 aromatic carbocycles. The fourth-order valence-electron chi connectivity index (χ4n) is 1.74. The summed E-state index contributed by atoms with van der Waals surface area (Å²) in [6, 6.07) is 5.73. The quantitative estimate of drug-likeness (QED) is 0.654. The van der Waals surface area contributed by atoms with Gasteiger partial charge in [-0.3, -0.25) is 0 Å². The molecule has 0 N–H and O–H groups in total. The molecule has 0 atom stereocenters. The Bertz CT molecular complexity index is 524. The molecular weight excluding hydrogens is 215 g/mol. The van der Waals surface area contributed by atoms with Crippen LogP contribution in [0.2, 0.25) is 0 Å². The summed E-state index contributed by atoms with van der Waals surface area (Å²) < 4.78 is 41.0. The second-order valence-electron chi connectivity index (χ2n) is 3.65. The molecule has 1 nitrogen and oxygen atoms in total. The van der Waals surface area contributed by atoms with Gasteiger partial charge in [-0.15, -0.1) is 0 Å². The Labute approximate surface area is 91.1 Å². The largest absolute Gasteiger partial charge is 0.316 e. The SMILES string of the molecule is Cc1ccc(C)n1-c1ccc(F)c(F)c1F. The van der Waals surface area contributed by atoms with Crippen molar-refractivity contribution < 1.29 is 13.2 Å². The number of aryl methyl sites for hydroxylation is 2. The molecule has 0 saturated carbocycles. The minimum absolute atomic E-state index is 0.0268. The standard InChI is InChI=1S/C12H10F3N/c1-7-3-4-8(2)16(7)10-6-5-9(13)11(14)12(10)15/h3-6H,1-2H3. The zero-order chi connectivity index (χ0) is 11.9. The normalized spacial score (nSPS) is 10.8. The molecule has 4 heteroatoms. The maximum absolute atomic E-state index is 13.5. The molecule has 2 aromatic rings. The Morgan fingerprint density at radius 1 is 0.812 bits per heavy atom. The van der Waals surface area contributed by atoms with Crippen LogP contribution in [0.5, 0.6) is 0 Å². The summed E-state index contributed by atoms with van der Waals surface area (Å²) in [6.45, 7) is 3.54. The predicted octanol–water partition coefficient (Wildman–Crippen LogP) is 3.51. The number of hydrogen-bond donors (Lipinski definition) is 0. The van der Waals surface area contributed by atoms with E-state index < -0.39 is 17.5 Å². The maximum Gasteiger partial charge on any atom is 0.196 e. The number of hydrogen-bond acceptors (Lipinski definition) is 0. The summed E-state index contributed by atoms with van der Waals surface area (Å²) in [5.74, 6) is -3.78. The van der Waals surface area contributed by atoms with Crippen molar-refractivity contribution in [1.29, 1.82) is 0 Å². The van der Waals surface area contributed by atoms with Gasteiger partial charge in [0.05, 0.1) is 5.69 Å². The number of aromatic nitrogens is 1. The zero-order valence-corrected chi connectivity index (χ0v) is 8.89. The lowest BCUT2D eigenvalue weighted by atomic mass is 10.2. The summed E-state index contributed by atoms with van der Waals surface area (Å²) in [4.78, 5) is 0. The van der Waals surface area contributed by atoms with E-state index in [1.165, 1.54) is 10.6 Å². The van der Waals surface area contributed by atoms with E-state index in [-0.39, 0.29) is 5.69 Å². The second-order valence-corrected chi connectivity index (χ2v) is 3.65. The fraction of sp³-hybridized carbons (Fsp3) is 0.167. The van der Waals surface area contributed by atoms with E-state index >= 15 is 0 Å². The third kappa shape index (κ3) is 1.50. The van der Waals surface area contributed by atoms with Gasteiger partial charge in [0.2, 0.25) is 0 Å². The van der Waals surface area contributed by atoms with Crippen molar-refractivity contribution in [3.05, 3.63) is 53.1 Å². The zero-order valence-electron chi connectivity index (χ0n) is 8.89. The van der Waals surface area contributed by atoms with Gasteiger partial charge < -0.3 is 4.57 Å². The van der Waals surface area contributed by atoms with Crippen LogP contribution in [-0.2, 0) is 0 Å². The molecule has 0 amide bonds. The first-order chi connectivity index (χ1) is 7.52. The van der Waals surface area contributed by atoms with Gasteiger partial charge in [-0.25, -0.2) is 13.2 Å². The maximum atomic E-state index is 13.5. The lowest BCUT2D eigenvalue weighted by Crippen LogP contribution is -2.04. The van der Waals surface area contributed by atoms with Crippen molar-refractivity contribution in [2.24, 2.45) is 0 Å². The number of nitrogens with zero attached hydrogens (tertiary/aromatic N) is 1. The van der Waals surface area contributed by atoms with Crippen LogP contribution in [0.1, 0.15) is 11.4 Å². The van der Waals surface area contributed by atoms with Crippen molar-refractivity contribution in [1.82, 2.24) is 4.57 Å². The van der Waals surface area contributed by atoms with Crippen LogP contribution in [0.4, 0.5) is 13.2 Å². The monoisotopic (exact) mass is 225 g/mol. The van der Waals surface area contributed by atoms with E-state index in [9.17, 15) is 13.2 Å². The average Bonchev–Trinajstić information content (AvgIpc) is 2.57. The molecule has 84 valence electrons. The summed E-state index contributed by atoms with van der Waals surface area (Å²) in [7, 11) is 0. The van der Waals surface area contributed by atoms with E-state index in [2.05, 4.69) is 0 Å². The van der Waals surface area contributed by atoms with Crippen LogP contribution >= 0.6 is 0 Å². The molecule has 0 unspecified atom stereocenters. The Kier molecular flexibility index (Phi) is 2.50. The van der Waals surface area contributed by atoms with Crippen LogP contribution in [0, 0.1) is 31.3 Å². The highest BCUT2D eigenvalue weighted by Crippen LogP contribution is 2.22. The Morgan fingerprint density at radius 2 is 1.38 bits per heavy atom. The van der Waals surface area contributed by atoms with Gasteiger partial charge in [0.15, 0.2) is 17.5 Å². The van der Waals surface area contributed by atoms with Crippen LogP contribution in [-0.4, -0.2) is 4.57 Å². The molecule has 1 aromatic heterocycles. The molecule has 0 fully saturated rings. The highest BCUT2D eigenvalue weighted by Gasteiger charge is 2.16. The molecule has 16 heavy (non-hydrogen) atoms. The molecule has 0 aliphatic carbocycles. The van der Waals surface area contributed by atoms with Gasteiger partial charge in [-0.1, -0.05) is 0 Å². The van der Waals surface area contributed by atoms with E-state index in [0.29, 0.717) is 0 Å². The van der Waals surface area contributed by atoms with E-state index in [1.54, 1.807) is 26.0 Å². The number of benzene rings is 1. The molecule has 0 bridgehead atoms. The molecule has 0 aliphatic rings. The van der Waals surface area contributed by atoms with Crippen molar-refractivity contribution in [3.63, 3.8) is 0 Å². The summed E-state index contributed by atoms with van der Waals surface area (Å²) in [5.41, 5.74) is 1.56. The lowest BCUT2D eigenvalue weighted by Gasteiger charge is -2.10. The Balaban J connectivity index is 2.71. The highest BCUT2D eigenvalue weighted by molar-refractivity contribution is 5.39. The molecule has 0 saturated heterocycles. The van der Waals surface area contributed by atoms with Crippen LogP contribution in [0.15, 0.2) is 24.3 Å². The van der Waals surface area contributed by atoms with Crippen molar-refractivity contribution in [2.45, 2.75) is 13.8 Å². The molecule has 2 rings (SSSR count). The van der Waals surface area contributed by atoms with E-state index in [0.717, 1.165) is 17.5 Å². The van der Waals surface area contributed by atoms with Gasteiger partial charge in [-0.05, 0) is 38.1 Å². The number of halogens is 3. The predicted molar refractivity (Wildman–Crippen MR) is 55.1 cm³/mol. The molecule has 0 aliphatic heterocycles. The van der Waals surface area contributed by atoms with Gasteiger partial charge in [-0.2, -0.15) is 0 Å². The van der Waals surface area contributed by atoms with E-state index in [4.69, 9.17) is 0 Å². The van der Waals surface area contributed by atoms with Gasteiger partial charge in [0.25, 0.3) is 0 Å². The van der Waals surface area contributed by atoms with Crippen molar-refractivity contribution in [2.75, 3.05) is 0 Å². The van der Waals surface area contributed by atoms with Crippen LogP contribution < -0.4 is 0 Å². The highest BCUT2D eigenvalue weighted by atomic mass is 19.2. The minimum atomic E-state index is -1.44. The lowest BCUT2D eigenvalue weighted by molar-refractivity contribution is 0.444. The summed E-state index contributed by atoms with van der Waals surface area (Å²) in [5, 5.41) is 0. The van der Waals surface area contributed by atoms with Gasteiger partial charge in [0, 0.05) is 11.4 Å². The summed E-state index contributed by atoms with van der Waals surface area (Å²) >= 11 is 0. The Hall–Kier alpha value is -1.71. The van der Waals surface area contributed by atoms with Gasteiger partial charge in [0.1, 0.15) is 0 Å². The fourth-order valence-corrected chi connectivity index (χ4v) is 1.74. The summed E-state index contributed by atoms with van der Waals surface area (Å²) in [6.07, 6.45) is 0.